The maximum absolute atomic E-state index is 10.9. The minimum atomic E-state index is -1.22. The van der Waals surface area contributed by atoms with Crippen LogP contribution in [0.25, 0.3) is 0 Å². The van der Waals surface area contributed by atoms with E-state index in [2.05, 4.69) is 48.3 Å². The Kier molecular flexibility index (Phi) is 21.4. The number of hydrogen-bond donors (Lipinski definition) is 2. The molecule has 2 aliphatic rings. The van der Waals surface area contributed by atoms with E-state index in [4.69, 9.17) is 16.9 Å². The molecule has 2 rings (SSSR count). The first-order chi connectivity index (χ1) is 20.6. The zero-order valence-electron chi connectivity index (χ0n) is 24.0. The largest absolute Gasteiger partial charge is 0.542 e. The van der Waals surface area contributed by atoms with E-state index in [0.717, 1.165) is 6.26 Å². The summed E-state index contributed by atoms with van der Waals surface area (Å²) in [5.74, 6) is -3.13. The standard InChI is InChI=1S/C9H12O5.C7H6NO5.C6H10O3.C4H5NO3/c1-4-12-9(11)14-6-5-13-8(10)7(2)3;1-2-12-7(11)13-8-5(9)3-4-6(8)10;1-5(2)6(8)9-4-3-7;6-3-1-2-4(7)5(3)8/h4H,1-2,5-6H2,3H3;1-2H,3-4H2;7H,1,3-4H2,2H3;8H,1-2H2/q;+1;;. The number of hydrogen-bond acceptors (Lipinski definition) is 16. The summed E-state index contributed by atoms with van der Waals surface area (Å²) in [7, 11) is 0. The van der Waals surface area contributed by atoms with Crippen LogP contribution in [0.4, 0.5) is 9.59 Å². The topological polar surface area (TPSA) is 239 Å². The van der Waals surface area contributed by atoms with Crippen molar-refractivity contribution in [1.82, 2.24) is 10.1 Å². The summed E-state index contributed by atoms with van der Waals surface area (Å²) in [6.45, 7) is 17.5. The van der Waals surface area contributed by atoms with Gasteiger partial charge in [0.2, 0.25) is 6.58 Å². The highest BCUT2D eigenvalue weighted by Crippen LogP contribution is 2.12. The van der Waals surface area contributed by atoms with Crippen molar-refractivity contribution < 1.29 is 77.2 Å². The van der Waals surface area contributed by atoms with Gasteiger partial charge in [0.15, 0.2) is 0 Å². The normalized spacial score (nSPS) is 12.9. The van der Waals surface area contributed by atoms with Crippen molar-refractivity contribution in [2.75, 3.05) is 26.4 Å². The second-order valence-corrected chi connectivity index (χ2v) is 7.72. The molecule has 0 aromatic carbocycles. The summed E-state index contributed by atoms with van der Waals surface area (Å²) in [4.78, 5) is 88.8. The summed E-state index contributed by atoms with van der Waals surface area (Å²) in [6, 6.07) is 0. The molecule has 4 amide bonds. The van der Waals surface area contributed by atoms with Crippen LogP contribution in [-0.4, -0.2) is 94.7 Å². The number of rotatable bonds is 10. The molecular weight excluding hydrogens is 596 g/mol. The van der Waals surface area contributed by atoms with Gasteiger partial charge in [-0.1, -0.05) is 24.8 Å². The number of aliphatic hydroxyl groups is 1. The molecule has 0 bridgehead atoms. The summed E-state index contributed by atoms with van der Waals surface area (Å²) in [6.07, 6.45) is -0.186. The molecule has 0 aromatic rings. The Morgan fingerprint density at radius 1 is 0.773 bits per heavy atom. The van der Waals surface area contributed by atoms with E-state index < -0.39 is 47.9 Å². The van der Waals surface area contributed by atoms with Crippen molar-refractivity contribution in [2.45, 2.75) is 39.5 Å². The number of hydroxylamine groups is 4. The first-order valence-electron chi connectivity index (χ1n) is 12.2. The maximum atomic E-state index is 10.9. The first-order valence-corrected chi connectivity index (χ1v) is 12.2. The fourth-order valence-electron chi connectivity index (χ4n) is 2.12. The predicted molar refractivity (Wildman–Crippen MR) is 142 cm³/mol. The minimum absolute atomic E-state index is 0.0298. The number of imide groups is 2. The Hall–Kier alpha value is -5.45. The summed E-state index contributed by atoms with van der Waals surface area (Å²) in [5, 5.41) is 17.1. The number of esters is 2. The van der Waals surface area contributed by atoms with E-state index in [1.54, 1.807) is 6.92 Å². The number of amides is 4. The monoisotopic (exact) mass is 629 g/mol. The van der Waals surface area contributed by atoms with Crippen LogP contribution >= 0.6 is 0 Å². The third kappa shape index (κ3) is 18.8. The van der Waals surface area contributed by atoms with Crippen molar-refractivity contribution >= 4 is 47.9 Å². The average Bonchev–Trinajstić information content (AvgIpc) is 3.44. The van der Waals surface area contributed by atoms with Crippen molar-refractivity contribution in [3.05, 3.63) is 50.0 Å². The van der Waals surface area contributed by atoms with Crippen LogP contribution in [0.1, 0.15) is 39.5 Å². The average molecular weight is 630 g/mol. The first kappa shape index (κ1) is 40.7. The lowest BCUT2D eigenvalue weighted by Crippen LogP contribution is -2.31. The van der Waals surface area contributed by atoms with Gasteiger partial charge in [0.05, 0.1) is 12.9 Å². The highest BCUT2D eigenvalue weighted by molar-refractivity contribution is 6.01. The van der Waals surface area contributed by atoms with Crippen LogP contribution in [0.15, 0.2) is 43.4 Å². The van der Waals surface area contributed by atoms with Gasteiger partial charge in [-0.2, -0.15) is 5.06 Å². The molecule has 18 nitrogen and oxygen atoms in total. The lowest BCUT2D eigenvalue weighted by molar-refractivity contribution is -0.175. The lowest BCUT2D eigenvalue weighted by atomic mass is 10.4. The van der Waals surface area contributed by atoms with Gasteiger partial charge in [-0.3, -0.25) is 29.2 Å². The SMILES string of the molecule is C=C(C)C(=O)OCCO.C=COC(=O)OCCOC(=O)C(=C)C.O=C1CCC(=O)N1O.[CH+]=COC(=O)ON1C(=O)CCC1=O. The quantitative estimate of drug-likeness (QED) is 0.0504. The van der Waals surface area contributed by atoms with Crippen LogP contribution in [0, 0.1) is 6.58 Å². The maximum Gasteiger partial charge on any atom is 0.542 e. The zero-order chi connectivity index (χ0) is 34.2. The number of nitrogens with zero attached hydrogens (tertiary/aromatic N) is 2. The smallest absolute Gasteiger partial charge is 0.460 e. The fraction of sp³-hybridized carbons (Fsp3) is 0.385. The molecule has 0 unspecified atom stereocenters. The van der Waals surface area contributed by atoms with E-state index in [0.29, 0.717) is 22.5 Å². The molecule has 0 radical (unpaired) electrons. The van der Waals surface area contributed by atoms with Crippen LogP contribution in [0.2, 0.25) is 0 Å². The fourth-order valence-corrected chi connectivity index (χ4v) is 2.12. The molecule has 0 spiro atoms. The highest BCUT2D eigenvalue weighted by Gasteiger charge is 2.33. The third-order valence-corrected chi connectivity index (χ3v) is 4.10. The van der Waals surface area contributed by atoms with Crippen molar-refractivity contribution in [1.29, 1.82) is 0 Å². The molecule has 0 aromatic heterocycles. The van der Waals surface area contributed by atoms with Gasteiger partial charge < -0.3 is 28.8 Å². The van der Waals surface area contributed by atoms with Gasteiger partial charge >= 0.3 is 30.5 Å². The Morgan fingerprint density at radius 3 is 1.57 bits per heavy atom. The molecule has 44 heavy (non-hydrogen) atoms. The van der Waals surface area contributed by atoms with Crippen molar-refractivity contribution in [2.24, 2.45) is 0 Å². The summed E-state index contributed by atoms with van der Waals surface area (Å²) >= 11 is 0. The number of aliphatic hydroxyl groups excluding tert-OH is 1. The summed E-state index contributed by atoms with van der Waals surface area (Å²) < 4.78 is 21.9. The predicted octanol–water partition coefficient (Wildman–Crippen LogP) is 1.18. The number of carbonyl (C=O) groups is 8. The minimum Gasteiger partial charge on any atom is -0.460 e. The van der Waals surface area contributed by atoms with Crippen LogP contribution in [0.5, 0.6) is 0 Å². The van der Waals surface area contributed by atoms with E-state index >= 15 is 0 Å². The molecule has 18 heteroatoms. The van der Waals surface area contributed by atoms with Crippen LogP contribution in [-0.2, 0) is 57.3 Å². The molecule has 2 aliphatic heterocycles. The van der Waals surface area contributed by atoms with Crippen molar-refractivity contribution in [3.8, 4) is 0 Å². The number of ether oxygens (including phenoxy) is 5. The second-order valence-electron chi connectivity index (χ2n) is 7.72. The highest BCUT2D eigenvalue weighted by atomic mass is 16.8. The zero-order valence-corrected chi connectivity index (χ0v) is 24.0. The van der Waals surface area contributed by atoms with Gasteiger partial charge in [-0.25, -0.2) is 19.2 Å². The van der Waals surface area contributed by atoms with Gasteiger partial charge in [0.1, 0.15) is 19.8 Å². The Morgan fingerprint density at radius 2 is 1.20 bits per heavy atom. The van der Waals surface area contributed by atoms with Gasteiger partial charge in [-0.05, 0) is 13.8 Å². The lowest BCUT2D eigenvalue weighted by Gasteiger charge is -2.09. The van der Waals surface area contributed by atoms with Crippen LogP contribution < -0.4 is 0 Å². The molecular formula is C26H33N2O16+. The molecule has 0 aliphatic carbocycles. The van der Waals surface area contributed by atoms with E-state index in [9.17, 15) is 38.4 Å². The Balaban J connectivity index is 0. The molecule has 0 atom stereocenters. The van der Waals surface area contributed by atoms with Gasteiger partial charge in [-0.15, -0.1) is 0 Å². The molecule has 242 valence electrons. The van der Waals surface area contributed by atoms with Gasteiger partial charge in [0, 0.05) is 36.8 Å². The molecule has 0 saturated carbocycles. The molecule has 2 N–H and O–H groups in total. The van der Waals surface area contributed by atoms with E-state index in [1.165, 1.54) is 6.92 Å². The molecule has 2 heterocycles. The van der Waals surface area contributed by atoms with E-state index in [-0.39, 0.29) is 57.2 Å². The molecule has 2 saturated heterocycles. The van der Waals surface area contributed by atoms with Gasteiger partial charge in [0.25, 0.3) is 23.6 Å². The second kappa shape index (κ2) is 23.1. The Bertz CT molecular complexity index is 1080. The molecule has 2 fully saturated rings. The van der Waals surface area contributed by atoms with Crippen molar-refractivity contribution in [3.63, 3.8) is 0 Å². The Labute approximate surface area is 251 Å². The summed E-state index contributed by atoms with van der Waals surface area (Å²) in [5.41, 5.74) is 0.641. The van der Waals surface area contributed by atoms with Crippen LogP contribution in [0.3, 0.4) is 0 Å². The van der Waals surface area contributed by atoms with E-state index in [1.807, 2.05) is 0 Å². The number of carbonyl (C=O) groups excluding carboxylic acids is 8. The third-order valence-electron chi connectivity index (χ3n) is 4.10.